The molecule has 0 aliphatic carbocycles. The first-order valence-electron chi connectivity index (χ1n) is 6.37. The molecule has 0 aliphatic heterocycles. The van der Waals surface area contributed by atoms with Crippen LogP contribution >= 0.6 is 11.3 Å². The van der Waals surface area contributed by atoms with Gasteiger partial charge in [-0.05, 0) is 31.5 Å². The lowest BCUT2D eigenvalue weighted by atomic mass is 10.2. The standard InChI is InChI=1S/C14H15N3O2S/c1-8-9(2)20-14-12(8)13(18)16-11(17-14)7-15-6-10-4-3-5-19-10/h3-5,15H,6-7H2,1-2H3,(H,16,17,18). The van der Waals surface area contributed by atoms with Gasteiger partial charge in [0.2, 0.25) is 0 Å². The van der Waals surface area contributed by atoms with Gasteiger partial charge in [0, 0.05) is 4.88 Å². The van der Waals surface area contributed by atoms with Crippen molar-refractivity contribution in [3.05, 3.63) is 50.8 Å². The van der Waals surface area contributed by atoms with Crippen LogP contribution in [-0.2, 0) is 13.1 Å². The van der Waals surface area contributed by atoms with E-state index in [1.54, 1.807) is 17.6 Å². The Morgan fingerprint density at radius 3 is 3.00 bits per heavy atom. The number of rotatable bonds is 4. The van der Waals surface area contributed by atoms with Crippen molar-refractivity contribution in [3.8, 4) is 0 Å². The zero-order chi connectivity index (χ0) is 14.1. The van der Waals surface area contributed by atoms with Crippen molar-refractivity contribution in [1.29, 1.82) is 0 Å². The third-order valence-electron chi connectivity index (χ3n) is 3.26. The lowest BCUT2D eigenvalue weighted by Gasteiger charge is -2.02. The van der Waals surface area contributed by atoms with E-state index in [9.17, 15) is 4.79 Å². The molecule has 0 saturated heterocycles. The van der Waals surface area contributed by atoms with E-state index in [-0.39, 0.29) is 5.56 Å². The Morgan fingerprint density at radius 1 is 1.40 bits per heavy atom. The van der Waals surface area contributed by atoms with Crippen LogP contribution in [0.5, 0.6) is 0 Å². The van der Waals surface area contributed by atoms with Gasteiger partial charge in [-0.15, -0.1) is 11.3 Å². The Labute approximate surface area is 119 Å². The molecule has 0 spiro atoms. The van der Waals surface area contributed by atoms with Crippen molar-refractivity contribution in [2.24, 2.45) is 0 Å². The van der Waals surface area contributed by atoms with Crippen LogP contribution in [0, 0.1) is 13.8 Å². The summed E-state index contributed by atoms with van der Waals surface area (Å²) in [6, 6.07) is 3.75. The molecule has 3 rings (SSSR count). The lowest BCUT2D eigenvalue weighted by molar-refractivity contribution is 0.480. The molecule has 0 aromatic carbocycles. The summed E-state index contributed by atoms with van der Waals surface area (Å²) in [5.74, 6) is 1.51. The molecule has 6 heteroatoms. The molecule has 3 aromatic rings. The van der Waals surface area contributed by atoms with Gasteiger partial charge in [-0.2, -0.15) is 0 Å². The number of aromatic nitrogens is 2. The minimum Gasteiger partial charge on any atom is -0.468 e. The molecule has 0 fully saturated rings. The summed E-state index contributed by atoms with van der Waals surface area (Å²) in [5.41, 5.74) is 0.959. The minimum absolute atomic E-state index is 0.0633. The molecular weight excluding hydrogens is 274 g/mol. The first kappa shape index (κ1) is 13.1. The maximum absolute atomic E-state index is 12.1. The number of H-pyrrole nitrogens is 1. The Kier molecular flexibility index (Phi) is 3.42. The van der Waals surface area contributed by atoms with Gasteiger partial charge in [-0.3, -0.25) is 4.79 Å². The molecule has 3 aromatic heterocycles. The minimum atomic E-state index is -0.0633. The molecule has 3 heterocycles. The molecule has 0 amide bonds. The highest BCUT2D eigenvalue weighted by atomic mass is 32.1. The highest BCUT2D eigenvalue weighted by molar-refractivity contribution is 7.18. The summed E-state index contributed by atoms with van der Waals surface area (Å²) in [6.07, 6.45) is 1.64. The predicted octanol–water partition coefficient (Wildman–Crippen LogP) is 2.48. The lowest BCUT2D eigenvalue weighted by Crippen LogP contribution is -2.18. The summed E-state index contributed by atoms with van der Waals surface area (Å²) in [4.78, 5) is 21.4. The number of hydrogen-bond acceptors (Lipinski definition) is 5. The molecule has 0 saturated carbocycles. The van der Waals surface area contributed by atoms with E-state index < -0.39 is 0 Å². The van der Waals surface area contributed by atoms with Crippen molar-refractivity contribution in [3.63, 3.8) is 0 Å². The number of nitrogens with zero attached hydrogens (tertiary/aromatic N) is 1. The van der Waals surface area contributed by atoms with Gasteiger partial charge in [0.05, 0.1) is 24.7 Å². The van der Waals surface area contributed by atoms with Gasteiger partial charge in [-0.1, -0.05) is 0 Å². The van der Waals surface area contributed by atoms with Crippen LogP contribution in [0.2, 0.25) is 0 Å². The summed E-state index contributed by atoms with van der Waals surface area (Å²) in [5, 5.41) is 3.91. The van der Waals surface area contributed by atoms with Gasteiger partial charge in [0.15, 0.2) is 0 Å². The zero-order valence-corrected chi connectivity index (χ0v) is 12.1. The molecule has 2 N–H and O–H groups in total. The number of hydrogen-bond donors (Lipinski definition) is 2. The molecule has 0 bridgehead atoms. The number of thiophene rings is 1. The van der Waals surface area contributed by atoms with E-state index >= 15 is 0 Å². The number of aromatic amines is 1. The molecule has 0 atom stereocenters. The molecule has 0 aliphatic rings. The quantitative estimate of drug-likeness (QED) is 0.774. The summed E-state index contributed by atoms with van der Waals surface area (Å²) >= 11 is 1.56. The molecule has 5 nitrogen and oxygen atoms in total. The van der Waals surface area contributed by atoms with Gasteiger partial charge in [0.25, 0.3) is 5.56 Å². The fourth-order valence-electron chi connectivity index (χ4n) is 2.10. The average Bonchev–Trinajstić information content (AvgIpc) is 2.99. The number of aryl methyl sites for hydroxylation is 2. The molecule has 0 radical (unpaired) electrons. The number of furan rings is 1. The summed E-state index contributed by atoms with van der Waals surface area (Å²) in [6.45, 7) is 5.08. The van der Waals surface area contributed by atoms with E-state index in [1.165, 1.54) is 0 Å². The van der Waals surface area contributed by atoms with Crippen molar-refractivity contribution in [1.82, 2.24) is 15.3 Å². The monoisotopic (exact) mass is 289 g/mol. The van der Waals surface area contributed by atoms with Crippen molar-refractivity contribution < 1.29 is 4.42 Å². The third kappa shape index (κ3) is 2.39. The van der Waals surface area contributed by atoms with Gasteiger partial charge in [-0.25, -0.2) is 4.98 Å². The average molecular weight is 289 g/mol. The highest BCUT2D eigenvalue weighted by Gasteiger charge is 2.11. The number of nitrogens with one attached hydrogen (secondary N) is 2. The van der Waals surface area contributed by atoms with Crippen LogP contribution in [0.3, 0.4) is 0 Å². The Bertz CT molecular complexity index is 787. The van der Waals surface area contributed by atoms with Crippen LogP contribution in [0.25, 0.3) is 10.2 Å². The fourth-order valence-corrected chi connectivity index (χ4v) is 3.15. The largest absolute Gasteiger partial charge is 0.468 e. The SMILES string of the molecule is Cc1sc2nc(CNCc3ccco3)[nH]c(=O)c2c1C. The smallest absolute Gasteiger partial charge is 0.259 e. The molecule has 0 unspecified atom stereocenters. The highest BCUT2D eigenvalue weighted by Crippen LogP contribution is 2.25. The third-order valence-corrected chi connectivity index (χ3v) is 4.36. The first-order chi connectivity index (χ1) is 9.65. The van der Waals surface area contributed by atoms with E-state index in [1.807, 2.05) is 26.0 Å². The Hall–Kier alpha value is -1.92. The van der Waals surface area contributed by atoms with Crippen LogP contribution in [0.4, 0.5) is 0 Å². The van der Waals surface area contributed by atoms with Crippen LogP contribution < -0.4 is 10.9 Å². The maximum atomic E-state index is 12.1. The van der Waals surface area contributed by atoms with Gasteiger partial charge >= 0.3 is 0 Å². The zero-order valence-electron chi connectivity index (χ0n) is 11.3. The van der Waals surface area contributed by atoms with Crippen LogP contribution in [0.15, 0.2) is 27.6 Å². The second-order valence-electron chi connectivity index (χ2n) is 4.66. The fraction of sp³-hybridized carbons (Fsp3) is 0.286. The summed E-state index contributed by atoms with van der Waals surface area (Å²) in [7, 11) is 0. The first-order valence-corrected chi connectivity index (χ1v) is 7.19. The topological polar surface area (TPSA) is 70.9 Å². The van der Waals surface area contributed by atoms with E-state index in [0.29, 0.717) is 24.3 Å². The van der Waals surface area contributed by atoms with Gasteiger partial charge in [0.1, 0.15) is 16.4 Å². The van der Waals surface area contributed by atoms with E-state index in [0.717, 1.165) is 21.0 Å². The molecule has 104 valence electrons. The Balaban J connectivity index is 1.80. The maximum Gasteiger partial charge on any atom is 0.259 e. The second-order valence-corrected chi connectivity index (χ2v) is 5.86. The van der Waals surface area contributed by atoms with E-state index in [2.05, 4.69) is 15.3 Å². The predicted molar refractivity (Wildman–Crippen MR) is 79.0 cm³/mol. The van der Waals surface area contributed by atoms with Crippen LogP contribution in [-0.4, -0.2) is 9.97 Å². The normalized spacial score (nSPS) is 11.3. The second kappa shape index (κ2) is 5.22. The number of fused-ring (bicyclic) bond motifs is 1. The van der Waals surface area contributed by atoms with Crippen molar-refractivity contribution >= 4 is 21.6 Å². The van der Waals surface area contributed by atoms with Crippen molar-refractivity contribution in [2.45, 2.75) is 26.9 Å². The van der Waals surface area contributed by atoms with Gasteiger partial charge < -0.3 is 14.7 Å². The van der Waals surface area contributed by atoms with E-state index in [4.69, 9.17) is 4.42 Å². The summed E-state index contributed by atoms with van der Waals surface area (Å²) < 4.78 is 5.23. The molecular formula is C14H15N3O2S. The molecule has 20 heavy (non-hydrogen) atoms. The van der Waals surface area contributed by atoms with Crippen LogP contribution in [0.1, 0.15) is 22.0 Å². The van der Waals surface area contributed by atoms with Crippen molar-refractivity contribution in [2.75, 3.05) is 0 Å². The Morgan fingerprint density at radius 2 is 2.25 bits per heavy atom.